The number of hydrogen-bond acceptors (Lipinski definition) is 3. The van der Waals surface area contributed by atoms with Crippen LogP contribution in [-0.2, 0) is 4.74 Å². The molecule has 0 aliphatic heterocycles. The highest BCUT2D eigenvalue weighted by atomic mass is 35.5. The number of rotatable bonds is 3. The number of hydrogen-bond donors (Lipinski definition) is 2. The molecule has 1 rings (SSSR count). The van der Waals surface area contributed by atoms with Gasteiger partial charge in [0, 0.05) is 12.1 Å². The Bertz CT molecular complexity index is 460. The molecule has 6 heteroatoms. The van der Waals surface area contributed by atoms with Crippen molar-refractivity contribution < 1.29 is 13.9 Å². The van der Waals surface area contributed by atoms with Gasteiger partial charge in [-0.2, -0.15) is 0 Å². The zero-order chi connectivity index (χ0) is 14.6. The fourth-order valence-corrected chi connectivity index (χ4v) is 1.61. The van der Waals surface area contributed by atoms with Crippen LogP contribution in [0.25, 0.3) is 0 Å². The van der Waals surface area contributed by atoms with Gasteiger partial charge in [-0.3, -0.25) is 0 Å². The number of alkyl carbamates (subject to hydrolysis) is 1. The minimum atomic E-state index is -0.689. The number of carbonyl (C=O) groups is 1. The lowest BCUT2D eigenvalue weighted by molar-refractivity contribution is 0.0524. The molecule has 1 amide bonds. The van der Waals surface area contributed by atoms with E-state index in [0.29, 0.717) is 0 Å². The second-order valence-electron chi connectivity index (χ2n) is 5.13. The Kier molecular flexibility index (Phi) is 5.14. The van der Waals surface area contributed by atoms with E-state index in [0.717, 1.165) is 0 Å². The van der Waals surface area contributed by atoms with Gasteiger partial charge in [0.2, 0.25) is 0 Å². The standard InChI is InChI=1S/C13H18ClFN2O2/c1-13(2,3)19-12(18)17-7-10(16)8-5-4-6-9(14)11(8)15/h4-6,10H,7,16H2,1-3H3,(H,17,18). The summed E-state index contributed by atoms with van der Waals surface area (Å²) < 4.78 is 18.7. The highest BCUT2D eigenvalue weighted by Gasteiger charge is 2.18. The second-order valence-corrected chi connectivity index (χ2v) is 5.54. The van der Waals surface area contributed by atoms with Gasteiger partial charge in [0.25, 0.3) is 0 Å². The molecule has 0 spiro atoms. The zero-order valence-corrected chi connectivity index (χ0v) is 11.9. The van der Waals surface area contributed by atoms with Crippen LogP contribution < -0.4 is 11.1 Å². The molecule has 1 unspecified atom stereocenters. The fraction of sp³-hybridized carbons (Fsp3) is 0.462. The first kappa shape index (κ1) is 15.7. The molecule has 0 radical (unpaired) electrons. The van der Waals surface area contributed by atoms with E-state index >= 15 is 0 Å². The van der Waals surface area contributed by atoms with Crippen molar-refractivity contribution in [3.63, 3.8) is 0 Å². The number of nitrogens with two attached hydrogens (primary N) is 1. The average molecular weight is 289 g/mol. The number of nitrogens with one attached hydrogen (secondary N) is 1. The van der Waals surface area contributed by atoms with Crippen molar-refractivity contribution in [3.05, 3.63) is 34.6 Å². The van der Waals surface area contributed by atoms with Gasteiger partial charge in [0.1, 0.15) is 11.4 Å². The van der Waals surface area contributed by atoms with E-state index in [4.69, 9.17) is 22.1 Å². The molecule has 0 saturated heterocycles. The molecule has 1 atom stereocenters. The molecule has 3 N–H and O–H groups in total. The molecule has 0 aliphatic rings. The van der Waals surface area contributed by atoms with E-state index in [-0.39, 0.29) is 17.1 Å². The van der Waals surface area contributed by atoms with Crippen LogP contribution in [0.4, 0.5) is 9.18 Å². The van der Waals surface area contributed by atoms with Gasteiger partial charge in [0.05, 0.1) is 11.1 Å². The minimum Gasteiger partial charge on any atom is -0.444 e. The van der Waals surface area contributed by atoms with Crippen LogP contribution in [0.2, 0.25) is 5.02 Å². The fourth-order valence-electron chi connectivity index (χ4n) is 1.42. The van der Waals surface area contributed by atoms with Crippen molar-refractivity contribution in [1.29, 1.82) is 0 Å². The van der Waals surface area contributed by atoms with Crippen molar-refractivity contribution in [2.45, 2.75) is 32.4 Å². The van der Waals surface area contributed by atoms with Crippen LogP contribution in [0.3, 0.4) is 0 Å². The van der Waals surface area contributed by atoms with Crippen molar-refractivity contribution in [2.24, 2.45) is 5.73 Å². The maximum Gasteiger partial charge on any atom is 0.407 e. The summed E-state index contributed by atoms with van der Waals surface area (Å²) in [5.41, 5.74) is 5.47. The molecular formula is C13H18ClFN2O2. The Morgan fingerprint density at radius 1 is 1.53 bits per heavy atom. The molecule has 0 aromatic heterocycles. The third-order valence-corrected chi connectivity index (χ3v) is 2.54. The predicted octanol–water partition coefficient (Wildman–Crippen LogP) is 3.00. The largest absolute Gasteiger partial charge is 0.444 e. The zero-order valence-electron chi connectivity index (χ0n) is 11.2. The molecule has 0 fully saturated rings. The molecule has 1 aromatic rings. The first-order valence-electron chi connectivity index (χ1n) is 5.87. The summed E-state index contributed by atoms with van der Waals surface area (Å²) in [6.07, 6.45) is -0.592. The number of benzene rings is 1. The summed E-state index contributed by atoms with van der Waals surface area (Å²) in [5.74, 6) is -0.567. The van der Waals surface area contributed by atoms with Gasteiger partial charge in [0.15, 0.2) is 0 Å². The third kappa shape index (κ3) is 5.04. The number of halogens is 2. The average Bonchev–Trinajstić information content (AvgIpc) is 2.27. The molecule has 1 aromatic carbocycles. The summed E-state index contributed by atoms with van der Waals surface area (Å²) in [6, 6.07) is 3.89. The van der Waals surface area contributed by atoms with Crippen LogP contribution in [0.15, 0.2) is 18.2 Å². The molecule has 0 bridgehead atoms. The second kappa shape index (κ2) is 6.21. The van der Waals surface area contributed by atoms with Crippen molar-refractivity contribution in [1.82, 2.24) is 5.32 Å². The molecule has 4 nitrogen and oxygen atoms in total. The lowest BCUT2D eigenvalue weighted by atomic mass is 10.1. The van der Waals surface area contributed by atoms with E-state index in [1.54, 1.807) is 26.8 Å². The van der Waals surface area contributed by atoms with Crippen LogP contribution in [0.5, 0.6) is 0 Å². The normalized spacial score (nSPS) is 12.9. The van der Waals surface area contributed by atoms with Crippen LogP contribution in [0, 0.1) is 5.82 Å². The molecular weight excluding hydrogens is 271 g/mol. The van der Waals surface area contributed by atoms with Crippen molar-refractivity contribution in [2.75, 3.05) is 6.54 Å². The Morgan fingerprint density at radius 2 is 2.16 bits per heavy atom. The summed E-state index contributed by atoms with van der Waals surface area (Å²) in [6.45, 7) is 5.32. The maximum atomic E-state index is 13.7. The third-order valence-electron chi connectivity index (χ3n) is 2.25. The van der Waals surface area contributed by atoms with Crippen molar-refractivity contribution >= 4 is 17.7 Å². The first-order chi connectivity index (χ1) is 8.70. The van der Waals surface area contributed by atoms with Crippen LogP contribution in [0.1, 0.15) is 32.4 Å². The maximum absolute atomic E-state index is 13.7. The van der Waals surface area contributed by atoms with E-state index in [9.17, 15) is 9.18 Å². The van der Waals surface area contributed by atoms with Gasteiger partial charge in [-0.15, -0.1) is 0 Å². The molecule has 0 saturated carbocycles. The Hall–Kier alpha value is -1.33. The Labute approximate surface area is 117 Å². The highest BCUT2D eigenvalue weighted by Crippen LogP contribution is 2.21. The minimum absolute atomic E-state index is 0.00483. The first-order valence-corrected chi connectivity index (χ1v) is 6.25. The summed E-state index contributed by atoms with van der Waals surface area (Å²) in [4.78, 5) is 11.4. The molecule has 106 valence electrons. The SMILES string of the molecule is CC(C)(C)OC(=O)NCC(N)c1cccc(Cl)c1F. The molecule has 0 aliphatic carbocycles. The monoisotopic (exact) mass is 288 g/mol. The lowest BCUT2D eigenvalue weighted by Crippen LogP contribution is -2.36. The smallest absolute Gasteiger partial charge is 0.407 e. The topological polar surface area (TPSA) is 64.3 Å². The van der Waals surface area contributed by atoms with Crippen molar-refractivity contribution in [3.8, 4) is 0 Å². The van der Waals surface area contributed by atoms with Gasteiger partial charge >= 0.3 is 6.09 Å². The number of amides is 1. The molecule has 0 heterocycles. The van der Waals surface area contributed by atoms with E-state index in [1.807, 2.05) is 0 Å². The van der Waals surface area contributed by atoms with E-state index in [2.05, 4.69) is 5.32 Å². The predicted molar refractivity (Wildman–Crippen MR) is 72.6 cm³/mol. The summed E-state index contributed by atoms with van der Waals surface area (Å²) in [5, 5.41) is 2.49. The summed E-state index contributed by atoms with van der Waals surface area (Å²) in [7, 11) is 0. The van der Waals surface area contributed by atoms with E-state index in [1.165, 1.54) is 12.1 Å². The number of ether oxygens (including phenoxy) is 1. The quantitative estimate of drug-likeness (QED) is 0.898. The van der Waals surface area contributed by atoms with E-state index < -0.39 is 23.6 Å². The molecule has 19 heavy (non-hydrogen) atoms. The van der Waals surface area contributed by atoms with Gasteiger partial charge in [-0.25, -0.2) is 9.18 Å². The van der Waals surface area contributed by atoms with Crippen LogP contribution >= 0.6 is 11.6 Å². The lowest BCUT2D eigenvalue weighted by Gasteiger charge is -2.21. The van der Waals surface area contributed by atoms with Gasteiger partial charge in [-0.05, 0) is 26.8 Å². The van der Waals surface area contributed by atoms with Crippen LogP contribution in [-0.4, -0.2) is 18.2 Å². The van der Waals surface area contributed by atoms with Gasteiger partial charge in [-0.1, -0.05) is 23.7 Å². The summed E-state index contributed by atoms with van der Waals surface area (Å²) >= 11 is 5.67. The Morgan fingerprint density at radius 3 is 2.74 bits per heavy atom. The number of carbonyl (C=O) groups excluding carboxylic acids is 1. The Balaban J connectivity index is 2.59. The highest BCUT2D eigenvalue weighted by molar-refractivity contribution is 6.30. The van der Waals surface area contributed by atoms with Gasteiger partial charge < -0.3 is 15.8 Å².